The van der Waals surface area contributed by atoms with Crippen molar-refractivity contribution in [1.82, 2.24) is 4.98 Å². The highest BCUT2D eigenvalue weighted by atomic mass is 32.1. The van der Waals surface area contributed by atoms with Crippen molar-refractivity contribution >= 4 is 33.6 Å². The van der Waals surface area contributed by atoms with Gasteiger partial charge in [0, 0.05) is 21.5 Å². The summed E-state index contributed by atoms with van der Waals surface area (Å²) in [5.41, 5.74) is 3.83. The van der Waals surface area contributed by atoms with Gasteiger partial charge in [-0.2, -0.15) is 0 Å². The van der Waals surface area contributed by atoms with Gasteiger partial charge in [-0.05, 0) is 82.6 Å². The second-order valence-electron chi connectivity index (χ2n) is 9.13. The van der Waals surface area contributed by atoms with Crippen molar-refractivity contribution < 1.29 is 19.7 Å². The van der Waals surface area contributed by atoms with Gasteiger partial charge in [-0.3, -0.25) is 0 Å². The molecule has 0 fully saturated rings. The predicted octanol–water partition coefficient (Wildman–Crippen LogP) is 6.85. The highest BCUT2D eigenvalue weighted by Gasteiger charge is 2.32. The average molecular weight is 456 g/mol. The molecular formula is C26H33NO4S. The van der Waals surface area contributed by atoms with Gasteiger partial charge in [-0.1, -0.05) is 25.2 Å². The van der Waals surface area contributed by atoms with E-state index in [0.29, 0.717) is 11.3 Å². The Morgan fingerprint density at radius 2 is 2.00 bits per heavy atom. The van der Waals surface area contributed by atoms with Gasteiger partial charge in [-0.15, -0.1) is 11.3 Å². The van der Waals surface area contributed by atoms with E-state index in [-0.39, 0.29) is 0 Å². The van der Waals surface area contributed by atoms with Gasteiger partial charge in [0.05, 0.1) is 11.9 Å². The molecular weight excluding hydrogens is 422 g/mol. The summed E-state index contributed by atoms with van der Waals surface area (Å²) in [5, 5.41) is 20.3. The number of fused-ring (bicyclic) bond motifs is 3. The van der Waals surface area contributed by atoms with Crippen LogP contribution in [0.25, 0.3) is 16.3 Å². The van der Waals surface area contributed by atoms with Crippen molar-refractivity contribution in [1.29, 1.82) is 0 Å². The number of rotatable bonds is 7. The van der Waals surface area contributed by atoms with E-state index in [0.717, 1.165) is 53.3 Å². The van der Waals surface area contributed by atoms with Crippen molar-refractivity contribution in [3.63, 3.8) is 0 Å². The fourth-order valence-electron chi connectivity index (χ4n) is 4.20. The van der Waals surface area contributed by atoms with Crippen molar-refractivity contribution in [2.45, 2.75) is 78.4 Å². The third kappa shape index (κ3) is 5.30. The van der Waals surface area contributed by atoms with E-state index in [1.54, 1.807) is 17.4 Å². The lowest BCUT2D eigenvalue weighted by molar-refractivity contribution is -0.160. The molecule has 32 heavy (non-hydrogen) atoms. The standard InChI is InChI=1S/C26H33NO4S/c1-6-17(14-15-28)10-9-12-19-21(23(25(29)30)31-26(3,4)5)16(2)27-24-22(19)18-11-7-8-13-20(18)32-24/h9-10,12,14-15,23,28H,6-8,11,13H2,1-5H3,(H,29,30)/b12-9+,15-14+,17-10-/t23-/m0/s1. The lowest BCUT2D eigenvalue weighted by Crippen LogP contribution is -2.28. The molecule has 2 aromatic rings. The van der Waals surface area contributed by atoms with Crippen LogP contribution in [0.15, 0.2) is 30.1 Å². The van der Waals surface area contributed by atoms with E-state index in [2.05, 4.69) is 0 Å². The van der Waals surface area contributed by atoms with Gasteiger partial charge in [0.2, 0.25) is 0 Å². The summed E-state index contributed by atoms with van der Waals surface area (Å²) in [4.78, 5) is 19.5. The molecule has 2 heterocycles. The second kappa shape index (κ2) is 10.0. The van der Waals surface area contributed by atoms with Crippen LogP contribution < -0.4 is 0 Å². The van der Waals surface area contributed by atoms with Crippen molar-refractivity contribution in [2.75, 3.05) is 0 Å². The Labute approximate surface area is 194 Å². The minimum Gasteiger partial charge on any atom is -0.516 e. The van der Waals surface area contributed by atoms with Gasteiger partial charge in [0.25, 0.3) is 0 Å². The summed E-state index contributed by atoms with van der Waals surface area (Å²) in [7, 11) is 0. The summed E-state index contributed by atoms with van der Waals surface area (Å²) in [5.74, 6) is -1.02. The van der Waals surface area contributed by atoms with Crippen molar-refractivity contribution in [3.05, 3.63) is 57.3 Å². The number of aliphatic hydroxyl groups excluding tert-OH is 1. The summed E-state index contributed by atoms with van der Waals surface area (Å²) in [6.45, 7) is 9.48. The molecule has 1 aliphatic rings. The van der Waals surface area contributed by atoms with E-state index in [4.69, 9.17) is 14.8 Å². The van der Waals surface area contributed by atoms with Crippen LogP contribution in [-0.2, 0) is 22.4 Å². The maximum atomic E-state index is 12.3. The van der Waals surface area contributed by atoms with E-state index in [9.17, 15) is 9.90 Å². The Morgan fingerprint density at radius 3 is 2.62 bits per heavy atom. The van der Waals surface area contributed by atoms with Crippen LogP contribution in [-0.4, -0.2) is 26.8 Å². The van der Waals surface area contributed by atoms with Crippen LogP contribution in [0.2, 0.25) is 0 Å². The quantitative estimate of drug-likeness (QED) is 0.353. The number of aliphatic hydroxyl groups is 1. The number of carboxylic acid groups (broad SMARTS) is 1. The van der Waals surface area contributed by atoms with Gasteiger partial charge >= 0.3 is 5.97 Å². The summed E-state index contributed by atoms with van der Waals surface area (Å²) in [6, 6.07) is 0. The molecule has 0 amide bonds. The van der Waals surface area contributed by atoms with E-state index >= 15 is 0 Å². The SMILES string of the molecule is CCC(=C/C=C/c1c([C@H](OC(C)(C)C)C(=O)O)c(C)nc2sc3c(c12)CCCC3)/C=C/O. The molecule has 0 saturated carbocycles. The first-order valence-corrected chi connectivity index (χ1v) is 12.0. The van der Waals surface area contributed by atoms with E-state index in [1.165, 1.54) is 16.9 Å². The van der Waals surface area contributed by atoms with Crippen LogP contribution in [0.1, 0.15) is 80.3 Å². The Balaban J connectivity index is 2.29. The van der Waals surface area contributed by atoms with Gasteiger partial charge in [-0.25, -0.2) is 9.78 Å². The first-order valence-electron chi connectivity index (χ1n) is 11.2. The maximum Gasteiger partial charge on any atom is 0.337 e. The summed E-state index contributed by atoms with van der Waals surface area (Å²) < 4.78 is 6.03. The third-order valence-electron chi connectivity index (χ3n) is 5.60. The Bertz CT molecular complexity index is 1090. The molecule has 0 unspecified atom stereocenters. The Morgan fingerprint density at radius 1 is 1.28 bits per heavy atom. The van der Waals surface area contributed by atoms with Crippen LogP contribution in [0.3, 0.4) is 0 Å². The number of thiophene rings is 1. The molecule has 1 aliphatic carbocycles. The first kappa shape index (κ1) is 24.2. The van der Waals surface area contributed by atoms with Gasteiger partial charge < -0.3 is 14.9 Å². The normalized spacial score (nSPS) is 16.2. The molecule has 0 spiro atoms. The number of aromatic nitrogens is 1. The fourth-order valence-corrected chi connectivity index (χ4v) is 5.52. The van der Waals surface area contributed by atoms with Crippen molar-refractivity contribution in [2.24, 2.45) is 0 Å². The third-order valence-corrected chi connectivity index (χ3v) is 6.78. The summed E-state index contributed by atoms with van der Waals surface area (Å²) in [6.07, 6.45) is 12.6. The molecule has 1 atom stereocenters. The number of carbonyl (C=O) groups is 1. The smallest absolute Gasteiger partial charge is 0.337 e. The number of allylic oxidation sites excluding steroid dienone is 4. The lowest BCUT2D eigenvalue weighted by Gasteiger charge is -2.27. The molecule has 0 aromatic carbocycles. The Kier molecular flexibility index (Phi) is 7.57. The maximum absolute atomic E-state index is 12.3. The van der Waals surface area contributed by atoms with Gasteiger partial charge in [0.1, 0.15) is 4.83 Å². The molecule has 6 heteroatoms. The molecule has 0 aliphatic heterocycles. The number of aryl methyl sites for hydroxylation is 3. The second-order valence-corrected chi connectivity index (χ2v) is 10.2. The zero-order valence-corrected chi connectivity index (χ0v) is 20.4. The van der Waals surface area contributed by atoms with E-state index in [1.807, 2.05) is 52.8 Å². The zero-order chi connectivity index (χ0) is 23.5. The van der Waals surface area contributed by atoms with Crippen LogP contribution in [0.4, 0.5) is 0 Å². The molecule has 0 radical (unpaired) electrons. The van der Waals surface area contributed by atoms with Crippen LogP contribution in [0.5, 0.6) is 0 Å². The average Bonchev–Trinajstić information content (AvgIpc) is 3.08. The molecule has 5 nitrogen and oxygen atoms in total. The highest BCUT2D eigenvalue weighted by Crippen LogP contribution is 2.42. The monoisotopic (exact) mass is 455 g/mol. The molecule has 172 valence electrons. The number of aliphatic carboxylic acids is 1. The number of carboxylic acids is 1. The minimum absolute atomic E-state index is 0.617. The molecule has 0 bridgehead atoms. The fraction of sp³-hybridized carbons (Fsp3) is 0.462. The molecule has 2 aromatic heterocycles. The predicted molar refractivity (Wildman–Crippen MR) is 131 cm³/mol. The topological polar surface area (TPSA) is 79.7 Å². The lowest BCUT2D eigenvalue weighted by atomic mass is 9.91. The molecule has 2 N–H and O–H groups in total. The largest absolute Gasteiger partial charge is 0.516 e. The number of ether oxygens (including phenoxy) is 1. The highest BCUT2D eigenvalue weighted by molar-refractivity contribution is 7.18. The number of hydrogen-bond acceptors (Lipinski definition) is 5. The number of hydrogen-bond donors (Lipinski definition) is 2. The Hall–Kier alpha value is -2.44. The van der Waals surface area contributed by atoms with Crippen LogP contribution >= 0.6 is 11.3 Å². The molecule has 3 rings (SSSR count). The summed E-state index contributed by atoms with van der Waals surface area (Å²) >= 11 is 1.73. The molecule has 0 saturated heterocycles. The zero-order valence-electron chi connectivity index (χ0n) is 19.6. The van der Waals surface area contributed by atoms with Gasteiger partial charge in [0.15, 0.2) is 6.10 Å². The minimum atomic E-state index is -1.11. The van der Waals surface area contributed by atoms with E-state index < -0.39 is 17.7 Å². The first-order chi connectivity index (χ1) is 15.2. The van der Waals surface area contributed by atoms with Crippen LogP contribution in [0, 0.1) is 6.92 Å². The van der Waals surface area contributed by atoms with Crippen molar-refractivity contribution in [3.8, 4) is 0 Å². The number of nitrogens with zero attached hydrogens (tertiary/aromatic N) is 1. The number of pyridine rings is 1.